The maximum absolute atomic E-state index is 13.5. The summed E-state index contributed by atoms with van der Waals surface area (Å²) in [4.78, 5) is 13.3. The van der Waals surface area contributed by atoms with Gasteiger partial charge in [0.25, 0.3) is 0 Å². The van der Waals surface area contributed by atoms with Crippen molar-refractivity contribution in [2.75, 3.05) is 5.75 Å². The number of alkyl halides is 3. The number of benzene rings is 2. The fraction of sp³-hybridized carbons (Fsp3) is 0.0952. The van der Waals surface area contributed by atoms with E-state index >= 15 is 0 Å². The van der Waals surface area contributed by atoms with Crippen LogP contribution < -0.4 is 0 Å². The van der Waals surface area contributed by atoms with Gasteiger partial charge in [-0.25, -0.2) is 0 Å². The number of fused-ring (bicyclic) bond motifs is 1. The zero-order valence-electron chi connectivity index (χ0n) is 14.2. The standard InChI is InChI=1S/C21H12ClF3OS2/c22-14-6-7-18-17(9-14)19(26)13(11-27-18)8-15-10-16(12-4-2-1-3-5-12)20(28-15)21(23,24)25/h1-10H,11H2/b13-8-. The van der Waals surface area contributed by atoms with Gasteiger partial charge in [0.05, 0.1) is 0 Å². The number of thiophene rings is 1. The van der Waals surface area contributed by atoms with Crippen LogP contribution in [-0.4, -0.2) is 11.5 Å². The molecule has 0 spiro atoms. The van der Waals surface area contributed by atoms with E-state index in [9.17, 15) is 18.0 Å². The van der Waals surface area contributed by atoms with Crippen LogP contribution in [0, 0.1) is 0 Å². The molecule has 7 heteroatoms. The van der Waals surface area contributed by atoms with E-state index in [2.05, 4.69) is 0 Å². The molecule has 0 atom stereocenters. The van der Waals surface area contributed by atoms with Crippen LogP contribution in [0.5, 0.6) is 0 Å². The first kappa shape index (κ1) is 19.3. The van der Waals surface area contributed by atoms with Crippen molar-refractivity contribution in [2.45, 2.75) is 11.1 Å². The minimum Gasteiger partial charge on any atom is -0.289 e. The highest BCUT2D eigenvalue weighted by Gasteiger charge is 2.36. The minimum absolute atomic E-state index is 0.129. The molecule has 0 N–H and O–H groups in total. The van der Waals surface area contributed by atoms with Gasteiger partial charge in [-0.05, 0) is 35.9 Å². The van der Waals surface area contributed by atoms with E-state index in [1.807, 2.05) is 0 Å². The smallest absolute Gasteiger partial charge is 0.289 e. The summed E-state index contributed by atoms with van der Waals surface area (Å²) in [6, 6.07) is 15.1. The molecule has 2 heterocycles. The molecule has 1 aliphatic rings. The third-order valence-corrected chi connectivity index (χ3v) is 6.76. The topological polar surface area (TPSA) is 17.1 Å². The van der Waals surface area contributed by atoms with Crippen molar-refractivity contribution in [3.05, 3.63) is 80.5 Å². The second-order valence-corrected chi connectivity index (χ2v) is 8.72. The second kappa shape index (κ2) is 7.43. The highest BCUT2D eigenvalue weighted by Crippen LogP contribution is 2.44. The molecule has 0 unspecified atom stereocenters. The van der Waals surface area contributed by atoms with Gasteiger partial charge in [-0.15, -0.1) is 23.1 Å². The molecule has 3 aromatic rings. The molecule has 142 valence electrons. The molecule has 0 fully saturated rings. The summed E-state index contributed by atoms with van der Waals surface area (Å²) in [5.74, 6) is 0.215. The van der Waals surface area contributed by atoms with Crippen LogP contribution in [0.1, 0.15) is 20.1 Å². The van der Waals surface area contributed by atoms with Crippen LogP contribution in [0.2, 0.25) is 5.02 Å². The maximum atomic E-state index is 13.5. The van der Waals surface area contributed by atoms with E-state index in [1.54, 1.807) is 54.6 Å². The number of halogens is 4. The third-order valence-electron chi connectivity index (χ3n) is 4.27. The van der Waals surface area contributed by atoms with E-state index < -0.39 is 11.1 Å². The van der Waals surface area contributed by atoms with Gasteiger partial charge in [0.1, 0.15) is 4.88 Å². The molecule has 0 saturated carbocycles. The molecule has 1 nitrogen and oxygen atoms in total. The lowest BCUT2D eigenvalue weighted by molar-refractivity contribution is -0.133. The Labute approximate surface area is 172 Å². The van der Waals surface area contributed by atoms with Crippen LogP contribution in [0.4, 0.5) is 13.2 Å². The fourth-order valence-electron chi connectivity index (χ4n) is 3.00. The van der Waals surface area contributed by atoms with Gasteiger partial charge in [0, 0.05) is 37.2 Å². The van der Waals surface area contributed by atoms with Gasteiger partial charge in [-0.3, -0.25) is 4.79 Å². The van der Waals surface area contributed by atoms with Crippen LogP contribution in [0.3, 0.4) is 0 Å². The number of ketones is 1. The highest BCUT2D eigenvalue weighted by atomic mass is 35.5. The lowest BCUT2D eigenvalue weighted by atomic mass is 10.0. The summed E-state index contributed by atoms with van der Waals surface area (Å²) in [7, 11) is 0. The van der Waals surface area contributed by atoms with Crippen molar-refractivity contribution in [1.29, 1.82) is 0 Å². The SMILES string of the molecule is O=C1/C(=C\c2cc(-c3ccccc3)c(C(F)(F)F)s2)CSc2ccc(Cl)cc21. The summed E-state index contributed by atoms with van der Waals surface area (Å²) in [5, 5.41) is 0.454. The Morgan fingerprint density at radius 1 is 1.00 bits per heavy atom. The summed E-state index contributed by atoms with van der Waals surface area (Å²) in [6.07, 6.45) is -2.90. The van der Waals surface area contributed by atoms with Gasteiger partial charge >= 0.3 is 6.18 Å². The predicted molar refractivity (Wildman–Crippen MR) is 109 cm³/mol. The Morgan fingerprint density at radius 2 is 1.75 bits per heavy atom. The zero-order chi connectivity index (χ0) is 19.9. The number of hydrogen-bond donors (Lipinski definition) is 0. The van der Waals surface area contributed by atoms with E-state index in [-0.39, 0.29) is 11.3 Å². The second-order valence-electron chi connectivity index (χ2n) is 6.18. The first-order valence-corrected chi connectivity index (χ1v) is 10.4. The third kappa shape index (κ3) is 3.77. The summed E-state index contributed by atoms with van der Waals surface area (Å²) >= 11 is 8.12. The molecular formula is C21H12ClF3OS2. The van der Waals surface area contributed by atoms with Crippen molar-refractivity contribution in [3.8, 4) is 11.1 Å². The van der Waals surface area contributed by atoms with Crippen molar-refractivity contribution in [2.24, 2.45) is 0 Å². The molecule has 2 aromatic carbocycles. The molecule has 0 amide bonds. The van der Waals surface area contributed by atoms with Gasteiger partial charge in [0.15, 0.2) is 5.78 Å². The number of carbonyl (C=O) groups is 1. The maximum Gasteiger partial charge on any atom is 0.426 e. The van der Waals surface area contributed by atoms with E-state index in [0.29, 0.717) is 43.7 Å². The van der Waals surface area contributed by atoms with E-state index in [0.717, 1.165) is 4.90 Å². The first-order valence-electron chi connectivity index (χ1n) is 8.27. The predicted octanol–water partition coefficient (Wildman–Crippen LogP) is 7.46. The van der Waals surface area contributed by atoms with Crippen molar-refractivity contribution in [1.82, 2.24) is 0 Å². The largest absolute Gasteiger partial charge is 0.426 e. The number of thioether (sulfide) groups is 1. The molecule has 0 aliphatic carbocycles. The molecule has 0 bridgehead atoms. The van der Waals surface area contributed by atoms with Gasteiger partial charge in [-0.1, -0.05) is 41.9 Å². The minimum atomic E-state index is -4.46. The summed E-state index contributed by atoms with van der Waals surface area (Å²) in [5.41, 5.74) is 1.58. The molecule has 0 radical (unpaired) electrons. The molecular weight excluding hydrogens is 425 g/mol. The Hall–Kier alpha value is -2.02. The fourth-order valence-corrected chi connectivity index (χ4v) is 5.19. The van der Waals surface area contributed by atoms with Crippen molar-refractivity contribution < 1.29 is 18.0 Å². The molecule has 1 aliphatic heterocycles. The van der Waals surface area contributed by atoms with Gasteiger partial charge < -0.3 is 0 Å². The number of carbonyl (C=O) groups excluding carboxylic acids is 1. The van der Waals surface area contributed by atoms with E-state index in [1.165, 1.54) is 17.8 Å². The molecule has 1 aromatic heterocycles. The average molecular weight is 437 g/mol. The van der Waals surface area contributed by atoms with Crippen LogP contribution >= 0.6 is 34.7 Å². The lowest BCUT2D eigenvalue weighted by Crippen LogP contribution is -2.12. The monoisotopic (exact) mass is 436 g/mol. The summed E-state index contributed by atoms with van der Waals surface area (Å²) < 4.78 is 40.6. The zero-order valence-corrected chi connectivity index (χ0v) is 16.6. The first-order chi connectivity index (χ1) is 13.3. The normalized spacial score (nSPS) is 15.7. The number of Topliss-reactive ketones (excluding diaryl/α,β-unsaturated/α-hetero) is 1. The van der Waals surface area contributed by atoms with E-state index in [4.69, 9.17) is 11.6 Å². The van der Waals surface area contributed by atoms with Crippen molar-refractivity contribution in [3.63, 3.8) is 0 Å². The van der Waals surface area contributed by atoms with Gasteiger partial charge in [-0.2, -0.15) is 13.2 Å². The lowest BCUT2D eigenvalue weighted by Gasteiger charge is -2.16. The van der Waals surface area contributed by atoms with Crippen LogP contribution in [0.25, 0.3) is 17.2 Å². The molecule has 4 rings (SSSR count). The average Bonchev–Trinajstić information content (AvgIpc) is 3.10. The number of hydrogen-bond acceptors (Lipinski definition) is 3. The quantitative estimate of drug-likeness (QED) is 0.388. The Kier molecular flexibility index (Phi) is 5.12. The Morgan fingerprint density at radius 3 is 2.46 bits per heavy atom. The van der Waals surface area contributed by atoms with Crippen LogP contribution in [-0.2, 0) is 6.18 Å². The van der Waals surface area contributed by atoms with Crippen LogP contribution in [0.15, 0.2) is 65.1 Å². The van der Waals surface area contributed by atoms with Gasteiger partial charge in [0.2, 0.25) is 0 Å². The highest BCUT2D eigenvalue weighted by molar-refractivity contribution is 7.99. The Bertz CT molecular complexity index is 1080. The number of rotatable bonds is 2. The molecule has 28 heavy (non-hydrogen) atoms. The van der Waals surface area contributed by atoms with Crippen molar-refractivity contribution >= 4 is 46.6 Å². The summed E-state index contributed by atoms with van der Waals surface area (Å²) in [6.45, 7) is 0. The molecule has 0 saturated heterocycles. The Balaban J connectivity index is 1.76.